The number of piperidine rings is 1. The molecule has 0 aromatic carbocycles. The molecule has 0 unspecified atom stereocenters. The molecule has 198 valence electrons. The number of carboxylic acids is 1. The van der Waals surface area contributed by atoms with E-state index in [0.29, 0.717) is 40.0 Å². The highest BCUT2D eigenvalue weighted by Crippen LogP contribution is 2.44. The summed E-state index contributed by atoms with van der Waals surface area (Å²) in [4.78, 5) is 29.3. The Hall–Kier alpha value is -1.87. The zero-order valence-corrected chi connectivity index (χ0v) is 24.5. The van der Waals surface area contributed by atoms with E-state index in [9.17, 15) is 14.5 Å². The molecule has 3 aromatic heterocycles. The Bertz CT molecular complexity index is 1330. The summed E-state index contributed by atoms with van der Waals surface area (Å²) in [7, 11) is 0. The Morgan fingerprint density at radius 2 is 2.00 bits per heavy atom. The van der Waals surface area contributed by atoms with Crippen molar-refractivity contribution in [1.29, 1.82) is 0 Å². The average Bonchev–Trinajstić information content (AvgIpc) is 3.46. The van der Waals surface area contributed by atoms with E-state index in [4.69, 9.17) is 11.6 Å². The summed E-state index contributed by atoms with van der Waals surface area (Å²) in [5, 5.41) is 10.2. The van der Waals surface area contributed by atoms with Crippen LogP contribution in [0.4, 0.5) is 11.6 Å². The van der Waals surface area contributed by atoms with E-state index in [1.807, 2.05) is 66.1 Å². The molecule has 37 heavy (non-hydrogen) atoms. The molecule has 2 fully saturated rings. The minimum absolute atomic E-state index is 0.00849. The normalized spacial score (nSPS) is 20.6. The fourth-order valence-electron chi connectivity index (χ4n) is 5.18. The van der Waals surface area contributed by atoms with Gasteiger partial charge in [0.15, 0.2) is 11.3 Å². The number of nitrogens with zero attached hydrogens (tertiary/aromatic N) is 6. The van der Waals surface area contributed by atoms with Crippen molar-refractivity contribution < 1.29 is 14.5 Å². The molecule has 0 saturated carbocycles. The van der Waals surface area contributed by atoms with Crippen molar-refractivity contribution in [3.63, 3.8) is 0 Å². The largest absolute Gasteiger partial charge is 0.598 e. The van der Waals surface area contributed by atoms with Gasteiger partial charge in [0, 0.05) is 67.2 Å². The van der Waals surface area contributed by atoms with Gasteiger partial charge in [-0.25, -0.2) is 19.7 Å². The van der Waals surface area contributed by atoms with Gasteiger partial charge >= 0.3 is 5.97 Å². The second-order valence-corrected chi connectivity index (χ2v) is 14.1. The predicted molar refractivity (Wildman–Crippen MR) is 153 cm³/mol. The Balaban J connectivity index is 1.43. The smallest absolute Gasteiger partial charge is 0.355 e. The topological polar surface area (TPSA) is 122 Å². The third-order valence-corrected chi connectivity index (χ3v) is 10.1. The molecule has 0 amide bonds. The number of hydrogen-bond acceptors (Lipinski definition) is 8. The van der Waals surface area contributed by atoms with Crippen molar-refractivity contribution in [3.8, 4) is 0 Å². The maximum absolute atomic E-state index is 13.1. The minimum Gasteiger partial charge on any atom is -0.598 e. The van der Waals surface area contributed by atoms with E-state index >= 15 is 0 Å². The Morgan fingerprint density at radius 3 is 2.65 bits per heavy atom. The maximum Gasteiger partial charge on any atom is 0.355 e. The zero-order valence-electron chi connectivity index (χ0n) is 20.8. The number of hydrogen-bond donors (Lipinski definition) is 2. The quantitative estimate of drug-likeness (QED) is 0.241. The van der Waals surface area contributed by atoms with E-state index in [-0.39, 0.29) is 21.9 Å². The summed E-state index contributed by atoms with van der Waals surface area (Å²) in [5.74, 6) is -0.486. The first kappa shape index (κ1) is 26.7. The number of pyridine rings is 1. The summed E-state index contributed by atoms with van der Waals surface area (Å²) in [6.45, 7) is 8.79. The molecular formula is C24H29ClIN7O3S. The number of imidazole rings is 1. The molecule has 1 spiro atoms. The fourth-order valence-corrected chi connectivity index (χ4v) is 7.04. The van der Waals surface area contributed by atoms with Crippen molar-refractivity contribution in [1.82, 2.24) is 24.1 Å². The van der Waals surface area contributed by atoms with Gasteiger partial charge in [-0.1, -0.05) is 11.6 Å². The van der Waals surface area contributed by atoms with Crippen LogP contribution < -0.4 is 14.5 Å². The van der Waals surface area contributed by atoms with E-state index in [0.717, 1.165) is 25.1 Å². The number of aromatic carboxylic acids is 1. The van der Waals surface area contributed by atoms with Crippen molar-refractivity contribution in [3.05, 3.63) is 45.1 Å². The highest BCUT2D eigenvalue weighted by molar-refractivity contribution is 14.1. The first-order valence-corrected chi connectivity index (χ1v) is 14.6. The van der Waals surface area contributed by atoms with Crippen molar-refractivity contribution in [2.24, 2.45) is 5.41 Å². The van der Waals surface area contributed by atoms with Crippen LogP contribution in [0.3, 0.4) is 0 Å². The van der Waals surface area contributed by atoms with Crippen molar-refractivity contribution >= 4 is 68.8 Å². The molecule has 2 saturated heterocycles. The van der Waals surface area contributed by atoms with Gasteiger partial charge in [-0.2, -0.15) is 0 Å². The molecule has 5 rings (SSSR count). The van der Waals surface area contributed by atoms with Gasteiger partial charge < -0.3 is 19.5 Å². The summed E-state index contributed by atoms with van der Waals surface area (Å²) < 4.78 is 18.6. The van der Waals surface area contributed by atoms with E-state index in [2.05, 4.69) is 29.5 Å². The second kappa shape index (κ2) is 10.0. The Morgan fingerprint density at radius 1 is 1.27 bits per heavy atom. The lowest BCUT2D eigenvalue weighted by atomic mass is 9.75. The number of carboxylic acid groups (broad SMARTS) is 1. The van der Waals surface area contributed by atoms with Crippen LogP contribution in [0.5, 0.6) is 0 Å². The molecule has 5 heterocycles. The lowest BCUT2D eigenvalue weighted by Crippen LogP contribution is -2.55. The van der Waals surface area contributed by atoms with Crippen LogP contribution in [0.25, 0.3) is 5.65 Å². The number of carbonyl (C=O) groups is 1. The second-order valence-electron chi connectivity index (χ2n) is 10.6. The monoisotopic (exact) mass is 657 g/mol. The van der Waals surface area contributed by atoms with Crippen LogP contribution in [-0.4, -0.2) is 71.9 Å². The van der Waals surface area contributed by atoms with Gasteiger partial charge in [0.1, 0.15) is 9.90 Å². The summed E-state index contributed by atoms with van der Waals surface area (Å²) in [6, 6.07) is 3.83. The van der Waals surface area contributed by atoms with Crippen molar-refractivity contribution in [2.75, 3.05) is 36.0 Å². The number of halogens is 2. The Labute approximate surface area is 237 Å². The van der Waals surface area contributed by atoms with Crippen LogP contribution >= 0.6 is 34.2 Å². The van der Waals surface area contributed by atoms with Gasteiger partial charge in [0.05, 0.1) is 9.61 Å². The van der Waals surface area contributed by atoms with Crippen LogP contribution in [0.1, 0.15) is 44.1 Å². The van der Waals surface area contributed by atoms with E-state index < -0.39 is 17.3 Å². The SMILES string of the molecule is CC(C)(C)[S@@+]([O-])N[C@@H]1CN(c2ccnc(Cl)c2)CC12CCN(c1nc(C(=O)O)c(I)c3nccn13)CC2. The molecule has 10 nitrogen and oxygen atoms in total. The standard InChI is InChI=1S/C24H29ClIN7O3S/c1-23(2,3)37(36)30-16-13-32(15-4-7-27-17(25)12-15)14-24(16)5-9-31(10-6-24)22-29-19(21(34)35)18(26)20-28-8-11-33(20)22/h4,7-8,11-12,16,30H,5-6,9-10,13-14H2,1-3H3,(H,34,35)/t16-,37-/m1/s1. The molecule has 0 aliphatic carbocycles. The predicted octanol–water partition coefficient (Wildman–Crippen LogP) is 3.61. The van der Waals surface area contributed by atoms with Gasteiger partial charge in [-0.3, -0.25) is 4.40 Å². The third kappa shape index (κ3) is 5.10. The Kier molecular flexibility index (Phi) is 7.24. The third-order valence-electron chi connectivity index (χ3n) is 7.25. The summed E-state index contributed by atoms with van der Waals surface area (Å²) >= 11 is 6.96. The van der Waals surface area contributed by atoms with E-state index in [1.165, 1.54) is 0 Å². The molecule has 2 aliphatic heterocycles. The first-order chi connectivity index (χ1) is 17.5. The highest BCUT2D eigenvalue weighted by Gasteiger charge is 2.51. The van der Waals surface area contributed by atoms with Gasteiger partial charge in [-0.15, -0.1) is 4.72 Å². The molecule has 13 heteroatoms. The molecule has 0 bridgehead atoms. The van der Waals surface area contributed by atoms with Crippen LogP contribution in [0, 0.1) is 8.99 Å². The molecule has 2 aliphatic rings. The van der Waals surface area contributed by atoms with Gasteiger partial charge in [0.2, 0.25) is 5.95 Å². The number of rotatable bonds is 5. The number of fused-ring (bicyclic) bond motifs is 1. The molecule has 2 atom stereocenters. The molecule has 3 aromatic rings. The van der Waals surface area contributed by atoms with Gasteiger partial charge in [-0.05, 0) is 68.3 Å². The van der Waals surface area contributed by atoms with Crippen molar-refractivity contribution in [2.45, 2.75) is 44.4 Å². The summed E-state index contributed by atoms with van der Waals surface area (Å²) in [6.07, 6.45) is 6.84. The highest BCUT2D eigenvalue weighted by atomic mass is 127. The average molecular weight is 658 g/mol. The fraction of sp³-hybridized carbons (Fsp3) is 0.500. The lowest BCUT2D eigenvalue weighted by Gasteiger charge is -2.43. The minimum atomic E-state index is -1.22. The lowest BCUT2D eigenvalue weighted by molar-refractivity contribution is 0.0689. The molecule has 2 N–H and O–H groups in total. The maximum atomic E-state index is 13.1. The van der Waals surface area contributed by atoms with Crippen LogP contribution in [-0.2, 0) is 11.4 Å². The molecule has 0 radical (unpaired) electrons. The summed E-state index contributed by atoms with van der Waals surface area (Å²) in [5.41, 5.74) is 1.47. The van der Waals surface area contributed by atoms with Crippen LogP contribution in [0.15, 0.2) is 30.7 Å². The first-order valence-electron chi connectivity index (χ1n) is 12.0. The van der Waals surface area contributed by atoms with Gasteiger partial charge in [0.25, 0.3) is 0 Å². The zero-order chi connectivity index (χ0) is 26.5. The number of aromatic nitrogens is 4. The van der Waals surface area contributed by atoms with Crippen LogP contribution in [0.2, 0.25) is 5.15 Å². The molecular weight excluding hydrogens is 629 g/mol. The van der Waals surface area contributed by atoms with E-state index in [1.54, 1.807) is 12.4 Å². The number of anilines is 2. The number of nitrogens with one attached hydrogen (secondary N) is 1.